The molecule has 4 aromatic rings. The first-order valence-electron chi connectivity index (χ1n) is 13.2. The minimum atomic E-state index is -0.798. The fourth-order valence-electron chi connectivity index (χ4n) is 4.16. The van der Waals surface area contributed by atoms with Crippen molar-refractivity contribution >= 4 is 0 Å². The van der Waals surface area contributed by atoms with E-state index in [0.717, 1.165) is 28.2 Å². The van der Waals surface area contributed by atoms with Gasteiger partial charge >= 0.3 is 0 Å². The molecule has 4 aromatic carbocycles. The molecule has 0 aliphatic heterocycles. The minimum absolute atomic E-state index is 0.386. The first-order chi connectivity index (χ1) is 20.0. The molecule has 1 atom stereocenters. The Hall–Kier alpha value is -4.62. The van der Waals surface area contributed by atoms with Gasteiger partial charge in [-0.1, -0.05) is 48.6 Å². The third-order valence-corrected chi connectivity index (χ3v) is 6.54. The van der Waals surface area contributed by atoms with Crippen LogP contribution >= 0.6 is 0 Å². The Labute approximate surface area is 241 Å². The largest absolute Gasteiger partial charge is 0.497 e. The maximum Gasteiger partial charge on any atom is 0.161 e. The molecular formula is C34H36O7. The lowest BCUT2D eigenvalue weighted by molar-refractivity contribution is 0.227. The van der Waals surface area contributed by atoms with E-state index in [0.29, 0.717) is 48.2 Å². The summed E-state index contributed by atoms with van der Waals surface area (Å²) in [6.07, 6.45) is 3.51. The van der Waals surface area contributed by atoms with E-state index in [1.165, 1.54) is 0 Å². The highest BCUT2D eigenvalue weighted by Crippen LogP contribution is 2.32. The molecule has 4 rings (SSSR count). The summed E-state index contributed by atoms with van der Waals surface area (Å²) in [6, 6.07) is 26.7. The van der Waals surface area contributed by atoms with Gasteiger partial charge in [0.15, 0.2) is 23.0 Å². The lowest BCUT2D eigenvalue weighted by Crippen LogP contribution is -2.00. The second-order valence-corrected chi connectivity index (χ2v) is 9.25. The van der Waals surface area contributed by atoms with Crippen LogP contribution in [0.5, 0.6) is 34.5 Å². The third kappa shape index (κ3) is 8.19. The van der Waals surface area contributed by atoms with E-state index in [1.54, 1.807) is 40.6 Å². The van der Waals surface area contributed by atoms with Crippen molar-refractivity contribution in [3.05, 3.63) is 119 Å². The zero-order valence-corrected chi connectivity index (χ0v) is 23.8. The summed E-state index contributed by atoms with van der Waals surface area (Å²) < 4.78 is 33.4. The van der Waals surface area contributed by atoms with Crippen molar-refractivity contribution in [1.29, 1.82) is 0 Å². The van der Waals surface area contributed by atoms with Gasteiger partial charge in [0.1, 0.15) is 24.7 Å². The van der Waals surface area contributed by atoms with Gasteiger partial charge in [-0.3, -0.25) is 0 Å². The second kappa shape index (κ2) is 14.7. The van der Waals surface area contributed by atoms with Gasteiger partial charge in [0.25, 0.3) is 0 Å². The topological polar surface area (TPSA) is 75.6 Å². The lowest BCUT2D eigenvalue weighted by atomic mass is 10.1. The molecule has 0 radical (unpaired) electrons. The van der Waals surface area contributed by atoms with E-state index in [-0.39, 0.29) is 0 Å². The van der Waals surface area contributed by atoms with E-state index < -0.39 is 6.10 Å². The number of allylic oxidation sites excluding steroid dienone is 1. The molecule has 41 heavy (non-hydrogen) atoms. The summed E-state index contributed by atoms with van der Waals surface area (Å²) >= 11 is 0. The van der Waals surface area contributed by atoms with Crippen LogP contribution in [0.2, 0.25) is 0 Å². The van der Waals surface area contributed by atoms with Crippen LogP contribution in [0.4, 0.5) is 0 Å². The van der Waals surface area contributed by atoms with Crippen LogP contribution in [0.1, 0.15) is 28.4 Å². The molecule has 0 saturated heterocycles. The Bertz CT molecular complexity index is 1410. The predicted octanol–water partition coefficient (Wildman–Crippen LogP) is 6.71. The van der Waals surface area contributed by atoms with Crippen molar-refractivity contribution < 1.29 is 33.5 Å². The van der Waals surface area contributed by atoms with Crippen LogP contribution in [0.25, 0.3) is 0 Å². The van der Waals surface area contributed by atoms with E-state index in [4.69, 9.17) is 28.4 Å². The Morgan fingerprint density at radius 1 is 0.561 bits per heavy atom. The Morgan fingerprint density at radius 3 is 1.56 bits per heavy atom. The van der Waals surface area contributed by atoms with Crippen LogP contribution in [-0.2, 0) is 19.6 Å². The van der Waals surface area contributed by atoms with Gasteiger partial charge in [0.05, 0.1) is 34.5 Å². The third-order valence-electron chi connectivity index (χ3n) is 6.54. The van der Waals surface area contributed by atoms with Gasteiger partial charge in [-0.25, -0.2) is 0 Å². The Morgan fingerprint density at radius 2 is 1.05 bits per heavy atom. The van der Waals surface area contributed by atoms with Gasteiger partial charge in [-0.05, 0) is 77.2 Å². The van der Waals surface area contributed by atoms with Crippen molar-refractivity contribution in [3.8, 4) is 34.5 Å². The normalized spacial score (nSPS) is 11.6. The van der Waals surface area contributed by atoms with Crippen LogP contribution in [0.3, 0.4) is 0 Å². The zero-order chi connectivity index (χ0) is 29.0. The molecule has 0 amide bonds. The summed E-state index contributed by atoms with van der Waals surface area (Å²) in [5, 5.41) is 10.8. The fraction of sp³-hybridized carbons (Fsp3) is 0.235. The summed E-state index contributed by atoms with van der Waals surface area (Å²) in [6.45, 7) is 0.803. The average Bonchev–Trinajstić information content (AvgIpc) is 3.03. The highest BCUT2D eigenvalue weighted by atomic mass is 16.5. The second-order valence-electron chi connectivity index (χ2n) is 9.25. The number of rotatable bonds is 14. The molecule has 0 heterocycles. The van der Waals surface area contributed by atoms with Crippen LogP contribution < -0.4 is 28.4 Å². The number of aliphatic hydroxyl groups is 1. The quantitative estimate of drug-likeness (QED) is 0.173. The number of benzene rings is 4. The van der Waals surface area contributed by atoms with Crippen molar-refractivity contribution in [2.24, 2.45) is 0 Å². The van der Waals surface area contributed by atoms with Gasteiger partial charge in [-0.2, -0.15) is 0 Å². The first kappa shape index (κ1) is 29.4. The fourth-order valence-corrected chi connectivity index (χ4v) is 4.16. The number of methoxy groups -OCH3 is 4. The molecule has 0 aliphatic carbocycles. The number of ether oxygens (including phenoxy) is 6. The van der Waals surface area contributed by atoms with Crippen LogP contribution in [-0.4, -0.2) is 33.5 Å². The molecule has 0 fully saturated rings. The first-order valence-corrected chi connectivity index (χ1v) is 13.2. The van der Waals surface area contributed by atoms with Crippen LogP contribution in [0.15, 0.2) is 97.1 Å². The molecule has 7 nitrogen and oxygen atoms in total. The molecule has 0 aliphatic rings. The molecule has 1 N–H and O–H groups in total. The number of hydrogen-bond donors (Lipinski definition) is 1. The highest BCUT2D eigenvalue weighted by Gasteiger charge is 2.11. The van der Waals surface area contributed by atoms with Gasteiger partial charge < -0.3 is 33.5 Å². The van der Waals surface area contributed by atoms with Crippen molar-refractivity contribution in [3.63, 3.8) is 0 Å². The molecule has 214 valence electrons. The van der Waals surface area contributed by atoms with Crippen LogP contribution in [0, 0.1) is 0 Å². The lowest BCUT2D eigenvalue weighted by Gasteiger charge is -2.14. The van der Waals surface area contributed by atoms with E-state index in [2.05, 4.69) is 0 Å². The SMILES string of the molecule is COc1ccc(COc2ccc(C/C=C\C(O)c3ccc(OCc4ccc(OC)cc4)c(OC)c3)cc2OC)cc1. The zero-order valence-electron chi connectivity index (χ0n) is 23.8. The van der Waals surface area contributed by atoms with Crippen molar-refractivity contribution in [2.75, 3.05) is 28.4 Å². The van der Waals surface area contributed by atoms with Gasteiger partial charge in [0, 0.05) is 0 Å². The monoisotopic (exact) mass is 556 g/mol. The number of aliphatic hydroxyl groups excluding tert-OH is 1. The van der Waals surface area contributed by atoms with Gasteiger partial charge in [-0.15, -0.1) is 0 Å². The summed E-state index contributed by atoms with van der Waals surface area (Å²) in [7, 11) is 6.48. The molecule has 0 bridgehead atoms. The van der Waals surface area contributed by atoms with Gasteiger partial charge in [0.2, 0.25) is 0 Å². The van der Waals surface area contributed by atoms with Crippen molar-refractivity contribution in [1.82, 2.24) is 0 Å². The van der Waals surface area contributed by atoms with E-state index >= 15 is 0 Å². The Kier molecular flexibility index (Phi) is 10.5. The Balaban J connectivity index is 1.33. The average molecular weight is 557 g/mol. The molecule has 0 spiro atoms. The van der Waals surface area contributed by atoms with E-state index in [9.17, 15) is 5.11 Å². The molecule has 0 aromatic heterocycles. The van der Waals surface area contributed by atoms with E-state index in [1.807, 2.05) is 84.9 Å². The molecule has 7 heteroatoms. The predicted molar refractivity (Wildman–Crippen MR) is 158 cm³/mol. The maximum absolute atomic E-state index is 10.8. The smallest absolute Gasteiger partial charge is 0.161 e. The summed E-state index contributed by atoms with van der Waals surface area (Å²) in [5.74, 6) is 4.07. The minimum Gasteiger partial charge on any atom is -0.497 e. The van der Waals surface area contributed by atoms with Crippen molar-refractivity contribution in [2.45, 2.75) is 25.7 Å². The maximum atomic E-state index is 10.8. The molecule has 1 unspecified atom stereocenters. The molecule has 0 saturated carbocycles. The number of hydrogen-bond acceptors (Lipinski definition) is 7. The highest BCUT2D eigenvalue weighted by molar-refractivity contribution is 5.45. The molecular weight excluding hydrogens is 520 g/mol. The summed E-state index contributed by atoms with van der Waals surface area (Å²) in [5.41, 5.74) is 3.77. The summed E-state index contributed by atoms with van der Waals surface area (Å²) in [4.78, 5) is 0. The standard InChI is InChI=1S/C34H36O7/c1-36-28-14-8-25(9-15-28)22-40-31-18-12-24(20-33(31)38-3)6-5-7-30(35)27-13-19-32(34(21-27)39-4)41-23-26-10-16-29(37-2)17-11-26/h5,7-21,30,35H,6,22-23H2,1-4H3/b7-5-.